The van der Waals surface area contributed by atoms with E-state index in [0.29, 0.717) is 4.08 Å². The zero-order chi connectivity index (χ0) is 12.4. The molecule has 0 aliphatic carbocycles. The van der Waals surface area contributed by atoms with Crippen molar-refractivity contribution < 1.29 is 17.8 Å². The van der Waals surface area contributed by atoms with Crippen LogP contribution in [0.25, 0.3) is 0 Å². The summed E-state index contributed by atoms with van der Waals surface area (Å²) in [6.07, 6.45) is 0. The second-order valence-corrected chi connectivity index (χ2v) is 8.54. The van der Waals surface area contributed by atoms with Crippen LogP contribution in [0.2, 0.25) is 0 Å². The molecule has 0 radical (unpaired) electrons. The topological polar surface area (TPSA) is 66.8 Å². The van der Waals surface area contributed by atoms with Crippen molar-refractivity contribution in [1.29, 1.82) is 0 Å². The van der Waals surface area contributed by atoms with E-state index in [1.54, 1.807) is 18.2 Å². The number of benzene rings is 1. The quantitative estimate of drug-likeness (QED) is 0.839. The van der Waals surface area contributed by atoms with E-state index >= 15 is 0 Å². The first kappa shape index (κ1) is 13.8. The van der Waals surface area contributed by atoms with Crippen LogP contribution in [-0.2, 0) is 26.4 Å². The fourth-order valence-electron chi connectivity index (χ4n) is 0.996. The Hall–Kier alpha value is -0.300. The molecule has 0 aromatic heterocycles. The predicted octanol–water partition coefficient (Wildman–Crippen LogP) is 1.17. The summed E-state index contributed by atoms with van der Waals surface area (Å²) in [7, 11) is -1.43. The average molecular weight is 281 g/mol. The van der Waals surface area contributed by atoms with Crippen LogP contribution < -0.4 is 0 Å². The van der Waals surface area contributed by atoms with Crippen LogP contribution in [-0.4, -0.2) is 31.5 Å². The van der Waals surface area contributed by atoms with Gasteiger partial charge in [-0.05, 0) is 23.9 Å². The normalized spacial score (nSPS) is 16.0. The highest BCUT2D eigenvalue weighted by molar-refractivity contribution is 8.13. The van der Waals surface area contributed by atoms with Gasteiger partial charge in [0.05, 0.1) is 4.90 Å². The van der Waals surface area contributed by atoms with Gasteiger partial charge in [0.25, 0.3) is 6.64 Å². The molecule has 5 nitrogen and oxygen atoms in total. The molecule has 1 N–H and O–H groups in total. The fraction of sp³-hybridized carbons (Fsp3) is 0.250. The summed E-state index contributed by atoms with van der Waals surface area (Å²) in [6.45, 7) is -3.47. The number of hydrogen-bond donors (Lipinski definition) is 1. The Morgan fingerprint density at radius 3 is 2.31 bits per heavy atom. The van der Waals surface area contributed by atoms with E-state index in [-0.39, 0.29) is 4.90 Å². The Labute approximate surface area is 99.9 Å². The van der Waals surface area contributed by atoms with Crippen LogP contribution in [0.1, 0.15) is 0 Å². The summed E-state index contributed by atoms with van der Waals surface area (Å²) >= 11 is 4.71. The van der Waals surface area contributed by atoms with Gasteiger partial charge in [0, 0.05) is 14.2 Å². The first-order chi connectivity index (χ1) is 7.32. The zero-order valence-electron chi connectivity index (χ0n) is 8.77. The van der Waals surface area contributed by atoms with Crippen molar-refractivity contribution in [3.63, 3.8) is 0 Å². The van der Waals surface area contributed by atoms with Crippen LogP contribution in [0.4, 0.5) is 0 Å². The number of rotatable bonds is 4. The van der Waals surface area contributed by atoms with E-state index in [2.05, 4.69) is 4.52 Å². The van der Waals surface area contributed by atoms with Gasteiger partial charge in [-0.1, -0.05) is 18.2 Å². The molecule has 1 unspecified atom stereocenters. The van der Waals surface area contributed by atoms with Gasteiger partial charge in [0.1, 0.15) is 0 Å². The van der Waals surface area contributed by atoms with Gasteiger partial charge in [-0.25, -0.2) is 8.42 Å². The Kier molecular flexibility index (Phi) is 4.23. The first-order valence-electron chi connectivity index (χ1n) is 4.25. The third-order valence-electron chi connectivity index (χ3n) is 1.98. The summed E-state index contributed by atoms with van der Waals surface area (Å²) in [6, 6.07) is 7.74. The molecule has 0 spiro atoms. The van der Waals surface area contributed by atoms with E-state index in [1.807, 2.05) is 0 Å². The van der Waals surface area contributed by atoms with Gasteiger partial charge in [-0.3, -0.25) is 0 Å². The van der Waals surface area contributed by atoms with E-state index in [4.69, 9.17) is 11.8 Å². The minimum Gasteiger partial charge on any atom is -0.333 e. The zero-order valence-corrected chi connectivity index (χ0v) is 11.3. The molecule has 0 heterocycles. The van der Waals surface area contributed by atoms with Crippen molar-refractivity contribution in [1.82, 2.24) is 4.08 Å². The highest BCUT2D eigenvalue weighted by atomic mass is 32.5. The third kappa shape index (κ3) is 2.68. The van der Waals surface area contributed by atoms with Crippen molar-refractivity contribution in [3.8, 4) is 0 Å². The van der Waals surface area contributed by atoms with Gasteiger partial charge in [-0.15, -0.1) is 4.08 Å². The van der Waals surface area contributed by atoms with Gasteiger partial charge >= 0.3 is 0 Å². The molecule has 0 amide bonds. The molecule has 0 aliphatic heterocycles. The van der Waals surface area contributed by atoms with E-state index in [9.17, 15) is 13.3 Å². The van der Waals surface area contributed by atoms with Crippen LogP contribution in [0.5, 0.6) is 0 Å². The lowest BCUT2D eigenvalue weighted by Crippen LogP contribution is -2.24. The maximum absolute atomic E-state index is 12.0. The van der Waals surface area contributed by atoms with Gasteiger partial charge < -0.3 is 9.42 Å². The molecule has 1 aromatic carbocycles. The van der Waals surface area contributed by atoms with Gasteiger partial charge in [0.2, 0.25) is 10.0 Å². The minimum atomic E-state index is -3.81. The van der Waals surface area contributed by atoms with Crippen LogP contribution >= 0.6 is 6.64 Å². The number of hydrogen-bond acceptors (Lipinski definition) is 4. The van der Waals surface area contributed by atoms with Crippen LogP contribution in [0.3, 0.4) is 0 Å². The molecule has 0 fully saturated rings. The maximum Gasteiger partial charge on any atom is 0.274 e. The Morgan fingerprint density at radius 1 is 1.38 bits per heavy atom. The van der Waals surface area contributed by atoms with Crippen LogP contribution in [0.15, 0.2) is 35.2 Å². The lowest BCUT2D eigenvalue weighted by Gasteiger charge is -2.23. The molecule has 1 rings (SSSR count). The average Bonchev–Trinajstić information content (AvgIpc) is 2.29. The summed E-state index contributed by atoms with van der Waals surface area (Å²) in [5, 5.41) is 0. The van der Waals surface area contributed by atoms with E-state index in [1.165, 1.54) is 26.3 Å². The monoisotopic (exact) mass is 281 g/mol. The molecule has 0 saturated carbocycles. The van der Waals surface area contributed by atoms with Crippen molar-refractivity contribution in [2.75, 3.05) is 14.2 Å². The second-order valence-electron chi connectivity index (χ2n) is 2.93. The maximum atomic E-state index is 12.0. The van der Waals surface area contributed by atoms with Gasteiger partial charge in [-0.2, -0.15) is 0 Å². The van der Waals surface area contributed by atoms with Crippen molar-refractivity contribution in [2.45, 2.75) is 4.90 Å². The highest BCUT2D eigenvalue weighted by Crippen LogP contribution is 2.47. The molecule has 0 saturated heterocycles. The molecule has 8 heteroatoms. The molecular formula is C8H12NO4PS2. The van der Waals surface area contributed by atoms with E-state index in [0.717, 1.165) is 0 Å². The number of sulfonamides is 1. The van der Waals surface area contributed by atoms with Crippen molar-refractivity contribution in [2.24, 2.45) is 0 Å². The summed E-state index contributed by atoms with van der Waals surface area (Å²) in [5.74, 6) is 0. The lowest BCUT2D eigenvalue weighted by atomic mass is 10.4. The number of nitrogens with zero attached hydrogens (tertiary/aromatic N) is 1. The molecule has 90 valence electrons. The van der Waals surface area contributed by atoms with Gasteiger partial charge in [0.15, 0.2) is 0 Å². The Morgan fingerprint density at radius 2 is 1.88 bits per heavy atom. The molecule has 0 bridgehead atoms. The molecule has 1 aromatic rings. The van der Waals surface area contributed by atoms with Crippen LogP contribution in [0, 0.1) is 0 Å². The largest absolute Gasteiger partial charge is 0.333 e. The lowest BCUT2D eigenvalue weighted by molar-refractivity contribution is 0.354. The summed E-state index contributed by atoms with van der Waals surface area (Å²) < 4.78 is 29.3. The molecule has 1 atom stereocenters. The standard InChI is InChI=1S/C8H12NO4PS2/c1-9(14(10,15)13-2)16(11,12)8-6-4-3-5-7-8/h3-7H,1-2H3,(H,10,15). The summed E-state index contributed by atoms with van der Waals surface area (Å²) in [4.78, 5) is 9.71. The molecule has 0 aliphatic rings. The van der Waals surface area contributed by atoms with E-state index < -0.39 is 16.7 Å². The molecular weight excluding hydrogens is 269 g/mol. The Balaban J connectivity index is 3.19. The second kappa shape index (κ2) is 4.91. The highest BCUT2D eigenvalue weighted by Gasteiger charge is 2.32. The first-order valence-corrected chi connectivity index (χ1v) is 8.32. The third-order valence-corrected chi connectivity index (χ3v) is 7.53. The fourth-order valence-corrected chi connectivity index (χ4v) is 4.39. The Bertz CT molecular complexity index is 502. The summed E-state index contributed by atoms with van der Waals surface area (Å²) in [5.41, 5.74) is 0. The minimum absolute atomic E-state index is 0.0674. The predicted molar refractivity (Wildman–Crippen MR) is 64.9 cm³/mol. The smallest absolute Gasteiger partial charge is 0.274 e. The SMILES string of the molecule is COP(O)(=S)N(C)S(=O)(=O)c1ccccc1. The van der Waals surface area contributed by atoms with Crippen molar-refractivity contribution in [3.05, 3.63) is 30.3 Å². The van der Waals surface area contributed by atoms with Crippen molar-refractivity contribution >= 4 is 28.5 Å². The molecule has 16 heavy (non-hydrogen) atoms.